The molecule has 116 valence electrons. The fourth-order valence-corrected chi connectivity index (χ4v) is 3.88. The van der Waals surface area contributed by atoms with Gasteiger partial charge in [-0.2, -0.15) is 0 Å². The zero-order valence-corrected chi connectivity index (χ0v) is 13.2. The summed E-state index contributed by atoms with van der Waals surface area (Å²) >= 11 is 6.15. The second-order valence-corrected chi connectivity index (χ2v) is 6.55. The van der Waals surface area contributed by atoms with Crippen molar-refractivity contribution >= 4 is 28.8 Å². The Morgan fingerprint density at radius 2 is 1.96 bits per heavy atom. The minimum Gasteiger partial charge on any atom is -0.508 e. The number of phenols is 1. The number of halogens is 1. The number of rotatable bonds is 2. The summed E-state index contributed by atoms with van der Waals surface area (Å²) in [5, 5.41) is 11.4. The maximum Gasteiger partial charge on any atom is 0.124 e. The molecule has 0 radical (unpaired) electrons. The molecule has 1 aliphatic rings. The van der Waals surface area contributed by atoms with Crippen LogP contribution in [-0.4, -0.2) is 16.4 Å². The van der Waals surface area contributed by atoms with Gasteiger partial charge in [-0.25, -0.2) is 0 Å². The Kier molecular flexibility index (Phi) is 3.38. The Morgan fingerprint density at radius 1 is 1.17 bits per heavy atom. The lowest BCUT2D eigenvalue weighted by molar-refractivity contribution is -0.111. The van der Waals surface area contributed by atoms with Crippen molar-refractivity contribution in [1.82, 2.24) is 4.98 Å². The first-order valence-corrected chi connectivity index (χ1v) is 8.09. The highest BCUT2D eigenvalue weighted by Gasteiger charge is 2.33. The average Bonchev–Trinajstić information content (AvgIpc) is 2.92. The lowest BCUT2D eigenvalue weighted by atomic mass is 9.75. The van der Waals surface area contributed by atoms with Crippen LogP contribution in [0.3, 0.4) is 0 Å². The summed E-state index contributed by atoms with van der Waals surface area (Å²) < 4.78 is 0. The van der Waals surface area contributed by atoms with E-state index in [0.717, 1.165) is 46.3 Å². The Hall–Kier alpha value is -2.26. The van der Waals surface area contributed by atoms with E-state index in [-0.39, 0.29) is 17.6 Å². The highest BCUT2D eigenvalue weighted by Crippen LogP contribution is 2.43. The molecule has 1 aromatic heterocycles. The van der Waals surface area contributed by atoms with Crippen LogP contribution in [0.2, 0.25) is 5.02 Å². The van der Waals surface area contributed by atoms with Crippen LogP contribution in [0.5, 0.6) is 5.75 Å². The molecule has 3 aromatic rings. The Bertz CT molecular complexity index is 882. The summed E-state index contributed by atoms with van der Waals surface area (Å²) in [5.74, 6) is 0.162. The first-order valence-electron chi connectivity index (χ1n) is 7.71. The largest absolute Gasteiger partial charge is 0.508 e. The van der Waals surface area contributed by atoms with Crippen LogP contribution in [0, 0.1) is 5.92 Å². The highest BCUT2D eigenvalue weighted by atomic mass is 35.5. The molecular formula is C19H16ClNO2. The molecule has 2 aromatic carbocycles. The minimum absolute atomic E-state index is 0.0111. The normalized spacial score (nSPS) is 20.4. The molecule has 4 rings (SSSR count). The SMILES string of the molecule is O=CC1CCc2c([nH]c3ccc(Cl)cc23)[C@H]1c1ccc(O)cc1. The van der Waals surface area contributed by atoms with Crippen LogP contribution in [0.25, 0.3) is 10.9 Å². The summed E-state index contributed by atoms with van der Waals surface area (Å²) in [6, 6.07) is 13.0. The smallest absolute Gasteiger partial charge is 0.124 e. The van der Waals surface area contributed by atoms with Crippen molar-refractivity contribution in [2.45, 2.75) is 18.8 Å². The van der Waals surface area contributed by atoms with Crippen molar-refractivity contribution in [1.29, 1.82) is 0 Å². The van der Waals surface area contributed by atoms with E-state index in [1.54, 1.807) is 12.1 Å². The van der Waals surface area contributed by atoms with Gasteiger partial charge in [0.05, 0.1) is 0 Å². The van der Waals surface area contributed by atoms with Crippen LogP contribution in [-0.2, 0) is 11.2 Å². The quantitative estimate of drug-likeness (QED) is 0.685. The summed E-state index contributed by atoms with van der Waals surface area (Å²) in [7, 11) is 0. The topological polar surface area (TPSA) is 53.1 Å². The third-order valence-electron chi connectivity index (χ3n) is 4.80. The van der Waals surface area contributed by atoms with Crippen molar-refractivity contribution in [3.63, 3.8) is 0 Å². The van der Waals surface area contributed by atoms with E-state index in [2.05, 4.69) is 4.98 Å². The van der Waals surface area contributed by atoms with Crippen molar-refractivity contribution in [3.05, 3.63) is 64.3 Å². The van der Waals surface area contributed by atoms with Gasteiger partial charge in [0.25, 0.3) is 0 Å². The molecule has 1 unspecified atom stereocenters. The minimum atomic E-state index is -0.0597. The molecule has 0 saturated carbocycles. The number of fused-ring (bicyclic) bond motifs is 3. The number of aryl methyl sites for hydroxylation is 1. The van der Waals surface area contributed by atoms with Gasteiger partial charge in [0.1, 0.15) is 12.0 Å². The standard InChI is InChI=1S/C19H16ClNO2/c20-13-4-8-17-16(9-13)15-7-3-12(10-22)18(19(15)21-17)11-1-5-14(23)6-2-11/h1-2,4-6,8-10,12,18,21,23H,3,7H2/t12?,18-/m0/s1. The number of benzene rings is 2. The number of hydrogen-bond acceptors (Lipinski definition) is 2. The number of hydrogen-bond donors (Lipinski definition) is 2. The molecule has 0 aliphatic heterocycles. The van der Waals surface area contributed by atoms with Gasteiger partial charge in [-0.3, -0.25) is 0 Å². The molecule has 0 fully saturated rings. The number of aromatic amines is 1. The lowest BCUT2D eigenvalue weighted by Gasteiger charge is -2.28. The third kappa shape index (κ3) is 2.32. The predicted molar refractivity (Wildman–Crippen MR) is 91.1 cm³/mol. The van der Waals surface area contributed by atoms with E-state index < -0.39 is 0 Å². The highest BCUT2D eigenvalue weighted by molar-refractivity contribution is 6.31. The summed E-state index contributed by atoms with van der Waals surface area (Å²) in [5.41, 5.74) is 4.43. The van der Waals surface area contributed by atoms with Gasteiger partial charge in [-0.05, 0) is 54.3 Å². The van der Waals surface area contributed by atoms with Crippen LogP contribution >= 0.6 is 11.6 Å². The van der Waals surface area contributed by atoms with Crippen LogP contribution in [0.15, 0.2) is 42.5 Å². The van der Waals surface area contributed by atoms with Gasteiger partial charge < -0.3 is 14.9 Å². The van der Waals surface area contributed by atoms with Crippen molar-refractivity contribution in [2.75, 3.05) is 0 Å². The summed E-state index contributed by atoms with van der Waals surface area (Å²) in [6.07, 6.45) is 2.74. The first-order chi connectivity index (χ1) is 11.2. The molecule has 4 heteroatoms. The molecule has 2 atom stereocenters. The van der Waals surface area contributed by atoms with Gasteiger partial charge in [0.15, 0.2) is 0 Å². The molecule has 0 amide bonds. The number of aldehydes is 1. The van der Waals surface area contributed by atoms with Gasteiger partial charge in [-0.1, -0.05) is 23.7 Å². The van der Waals surface area contributed by atoms with Crippen LogP contribution < -0.4 is 0 Å². The zero-order valence-electron chi connectivity index (χ0n) is 12.4. The number of aromatic nitrogens is 1. The molecule has 1 heterocycles. The van der Waals surface area contributed by atoms with E-state index in [4.69, 9.17) is 11.6 Å². The van der Waals surface area contributed by atoms with E-state index in [1.165, 1.54) is 5.56 Å². The molecule has 23 heavy (non-hydrogen) atoms. The second kappa shape index (κ2) is 5.43. The number of phenolic OH excluding ortho intramolecular Hbond substituents is 1. The molecule has 0 bridgehead atoms. The Balaban J connectivity index is 1.92. The fourth-order valence-electron chi connectivity index (χ4n) is 3.71. The lowest BCUT2D eigenvalue weighted by Crippen LogP contribution is -2.22. The molecule has 3 nitrogen and oxygen atoms in total. The number of aromatic hydroxyl groups is 1. The molecule has 2 N–H and O–H groups in total. The van der Waals surface area contributed by atoms with E-state index in [9.17, 15) is 9.90 Å². The number of carbonyl (C=O) groups is 1. The van der Waals surface area contributed by atoms with E-state index in [1.807, 2.05) is 30.3 Å². The molecular weight excluding hydrogens is 310 g/mol. The average molecular weight is 326 g/mol. The van der Waals surface area contributed by atoms with E-state index in [0.29, 0.717) is 0 Å². The summed E-state index contributed by atoms with van der Waals surface area (Å²) in [4.78, 5) is 15.1. The second-order valence-electron chi connectivity index (χ2n) is 6.11. The first kappa shape index (κ1) is 14.3. The number of carbonyl (C=O) groups excluding carboxylic acids is 1. The number of nitrogens with one attached hydrogen (secondary N) is 1. The summed E-state index contributed by atoms with van der Waals surface area (Å²) in [6.45, 7) is 0. The van der Waals surface area contributed by atoms with Crippen LogP contribution in [0.1, 0.15) is 29.2 Å². The predicted octanol–water partition coefficient (Wildman–Crippen LogP) is 4.42. The Labute approximate surface area is 138 Å². The van der Waals surface area contributed by atoms with Crippen molar-refractivity contribution in [2.24, 2.45) is 5.92 Å². The van der Waals surface area contributed by atoms with Gasteiger partial charge >= 0.3 is 0 Å². The van der Waals surface area contributed by atoms with Crippen molar-refractivity contribution < 1.29 is 9.90 Å². The fraction of sp³-hybridized carbons (Fsp3) is 0.211. The monoisotopic (exact) mass is 325 g/mol. The molecule has 0 spiro atoms. The van der Waals surface area contributed by atoms with Gasteiger partial charge in [0.2, 0.25) is 0 Å². The Morgan fingerprint density at radius 3 is 2.70 bits per heavy atom. The third-order valence-corrected chi connectivity index (χ3v) is 5.03. The zero-order chi connectivity index (χ0) is 16.0. The van der Waals surface area contributed by atoms with Crippen molar-refractivity contribution in [3.8, 4) is 5.75 Å². The maximum absolute atomic E-state index is 11.6. The van der Waals surface area contributed by atoms with Gasteiger partial charge in [0, 0.05) is 33.5 Å². The van der Waals surface area contributed by atoms with E-state index >= 15 is 0 Å². The molecule has 0 saturated heterocycles. The maximum atomic E-state index is 11.6. The van der Waals surface area contributed by atoms with Crippen LogP contribution in [0.4, 0.5) is 0 Å². The van der Waals surface area contributed by atoms with Gasteiger partial charge in [-0.15, -0.1) is 0 Å². The number of H-pyrrole nitrogens is 1. The molecule has 1 aliphatic carbocycles.